The molecule has 1 nitrogen and oxygen atoms in total. The van der Waals surface area contributed by atoms with E-state index in [2.05, 4.69) is 47.1 Å². The van der Waals surface area contributed by atoms with Crippen molar-refractivity contribution >= 4 is 27.3 Å². The molecule has 1 heterocycles. The van der Waals surface area contributed by atoms with Gasteiger partial charge in [0.25, 0.3) is 0 Å². The van der Waals surface area contributed by atoms with Crippen LogP contribution < -0.4 is 4.74 Å². The summed E-state index contributed by atoms with van der Waals surface area (Å²) >= 11 is 5.90. The number of thiophene rings is 1. The van der Waals surface area contributed by atoms with Crippen molar-refractivity contribution in [2.45, 2.75) is 43.9 Å². The highest BCUT2D eigenvalue weighted by molar-refractivity contribution is 9.09. The lowest BCUT2D eigenvalue weighted by atomic mass is 10.0. The average molecular weight is 365 g/mol. The highest BCUT2D eigenvalue weighted by Gasteiger charge is 2.19. The Morgan fingerprint density at radius 3 is 2.71 bits per heavy atom. The van der Waals surface area contributed by atoms with Crippen LogP contribution in [0.4, 0.5) is 0 Å². The van der Waals surface area contributed by atoms with E-state index in [4.69, 9.17) is 4.74 Å². The zero-order chi connectivity index (χ0) is 14.8. The minimum atomic E-state index is 0.292. The van der Waals surface area contributed by atoms with Crippen LogP contribution >= 0.6 is 27.3 Å². The van der Waals surface area contributed by atoms with E-state index < -0.39 is 0 Å². The van der Waals surface area contributed by atoms with E-state index in [0.29, 0.717) is 4.83 Å². The fourth-order valence-electron chi connectivity index (χ4n) is 3.03. The molecule has 0 saturated carbocycles. The van der Waals surface area contributed by atoms with Crippen LogP contribution in [0.3, 0.4) is 0 Å². The largest absolute Gasteiger partial charge is 0.497 e. The molecule has 1 unspecified atom stereocenters. The van der Waals surface area contributed by atoms with Crippen LogP contribution in [0.1, 0.15) is 50.5 Å². The third-order valence-corrected chi connectivity index (χ3v) is 6.86. The Morgan fingerprint density at radius 1 is 1.14 bits per heavy atom. The van der Waals surface area contributed by atoms with Gasteiger partial charge in [-0.2, -0.15) is 0 Å². The molecule has 0 aliphatic heterocycles. The zero-order valence-electron chi connectivity index (χ0n) is 12.6. The molecule has 0 amide bonds. The zero-order valence-corrected chi connectivity index (χ0v) is 15.0. The van der Waals surface area contributed by atoms with E-state index in [-0.39, 0.29) is 0 Å². The molecular weight excluding hydrogens is 344 g/mol. The van der Waals surface area contributed by atoms with Gasteiger partial charge in [0.05, 0.1) is 11.9 Å². The Labute approximate surface area is 139 Å². The predicted molar refractivity (Wildman–Crippen MR) is 94.1 cm³/mol. The molecule has 0 radical (unpaired) electrons. The highest BCUT2D eigenvalue weighted by atomic mass is 79.9. The molecule has 21 heavy (non-hydrogen) atoms. The van der Waals surface area contributed by atoms with Gasteiger partial charge in [-0.25, -0.2) is 0 Å². The van der Waals surface area contributed by atoms with Crippen molar-refractivity contribution in [2.75, 3.05) is 7.11 Å². The van der Waals surface area contributed by atoms with Gasteiger partial charge in [0.2, 0.25) is 0 Å². The van der Waals surface area contributed by atoms with Crippen molar-refractivity contribution in [3.8, 4) is 5.75 Å². The van der Waals surface area contributed by atoms with E-state index >= 15 is 0 Å². The van der Waals surface area contributed by atoms with Crippen LogP contribution in [0.15, 0.2) is 24.3 Å². The average Bonchev–Trinajstić information content (AvgIpc) is 2.77. The maximum Gasteiger partial charge on any atom is 0.119 e. The van der Waals surface area contributed by atoms with Gasteiger partial charge in [-0.3, -0.25) is 0 Å². The molecule has 0 fully saturated rings. The van der Waals surface area contributed by atoms with Crippen molar-refractivity contribution < 1.29 is 4.74 Å². The monoisotopic (exact) mass is 364 g/mol. The summed E-state index contributed by atoms with van der Waals surface area (Å²) in [5.74, 6) is 0.929. The van der Waals surface area contributed by atoms with E-state index in [1.54, 1.807) is 17.6 Å². The summed E-state index contributed by atoms with van der Waals surface area (Å²) in [5.41, 5.74) is 4.20. The van der Waals surface area contributed by atoms with Crippen molar-refractivity contribution in [3.63, 3.8) is 0 Å². The van der Waals surface area contributed by atoms with Crippen LogP contribution in [-0.4, -0.2) is 7.11 Å². The molecule has 0 spiro atoms. The first-order valence-electron chi connectivity index (χ1n) is 7.59. The van der Waals surface area contributed by atoms with Gasteiger partial charge in [0, 0.05) is 9.75 Å². The molecule has 0 bridgehead atoms. The molecule has 1 atom stereocenters. The second kappa shape index (κ2) is 6.53. The van der Waals surface area contributed by atoms with Crippen LogP contribution in [0.2, 0.25) is 0 Å². The number of halogens is 1. The molecule has 1 aliphatic carbocycles. The van der Waals surface area contributed by atoms with Crippen molar-refractivity contribution in [1.82, 2.24) is 0 Å². The molecule has 1 aliphatic rings. The Hall–Kier alpha value is -0.800. The van der Waals surface area contributed by atoms with Gasteiger partial charge >= 0.3 is 0 Å². The van der Waals surface area contributed by atoms with E-state index in [1.807, 2.05) is 11.3 Å². The molecule has 0 N–H and O–H groups in total. The standard InChI is InChI=1S/C18H21BrOS/c1-12-10-14(20-2)8-9-15(12)18(19)17-11-13-6-4-3-5-7-16(13)21-17/h8-11,18H,3-7H2,1-2H3. The maximum atomic E-state index is 5.30. The Balaban J connectivity index is 1.90. The third kappa shape index (κ3) is 3.19. The lowest BCUT2D eigenvalue weighted by molar-refractivity contribution is 0.414. The first-order valence-corrected chi connectivity index (χ1v) is 9.32. The Bertz CT molecular complexity index is 609. The Kier molecular flexibility index (Phi) is 4.70. The smallest absolute Gasteiger partial charge is 0.119 e. The molecular formula is C18H21BrOS. The molecule has 1 aromatic heterocycles. The third-order valence-electron chi connectivity index (χ3n) is 4.27. The van der Waals surface area contributed by atoms with Gasteiger partial charge in [-0.1, -0.05) is 28.4 Å². The molecule has 1 aromatic carbocycles. The van der Waals surface area contributed by atoms with Crippen molar-refractivity contribution in [3.05, 3.63) is 50.7 Å². The van der Waals surface area contributed by atoms with Crippen LogP contribution in [0.5, 0.6) is 5.75 Å². The minimum Gasteiger partial charge on any atom is -0.497 e. The SMILES string of the molecule is COc1ccc(C(Br)c2cc3c(s2)CCCCC3)c(C)c1. The van der Waals surface area contributed by atoms with Crippen molar-refractivity contribution in [1.29, 1.82) is 0 Å². The molecule has 0 saturated heterocycles. The fraction of sp³-hybridized carbons (Fsp3) is 0.444. The number of aryl methyl sites for hydroxylation is 3. The summed E-state index contributed by atoms with van der Waals surface area (Å²) in [6, 6.07) is 8.77. The number of hydrogen-bond acceptors (Lipinski definition) is 2. The summed E-state index contributed by atoms with van der Waals surface area (Å²) in [6.07, 6.45) is 6.60. The van der Waals surface area contributed by atoms with E-state index in [0.717, 1.165) is 5.75 Å². The number of rotatable bonds is 3. The summed E-state index contributed by atoms with van der Waals surface area (Å²) in [4.78, 5) is 3.34. The van der Waals surface area contributed by atoms with Crippen molar-refractivity contribution in [2.24, 2.45) is 0 Å². The van der Waals surface area contributed by atoms with E-state index in [9.17, 15) is 0 Å². The lowest BCUT2D eigenvalue weighted by Crippen LogP contribution is -1.95. The molecule has 3 rings (SSSR count). The molecule has 2 aromatic rings. The quantitative estimate of drug-likeness (QED) is 0.492. The van der Waals surface area contributed by atoms with Gasteiger partial charge in [-0.15, -0.1) is 11.3 Å². The maximum absolute atomic E-state index is 5.30. The highest BCUT2D eigenvalue weighted by Crippen LogP contribution is 2.40. The summed E-state index contributed by atoms with van der Waals surface area (Å²) in [5, 5.41) is 0. The van der Waals surface area contributed by atoms with Gasteiger partial charge < -0.3 is 4.74 Å². The van der Waals surface area contributed by atoms with E-state index in [1.165, 1.54) is 48.1 Å². The number of fused-ring (bicyclic) bond motifs is 1. The fourth-order valence-corrected chi connectivity index (χ4v) is 5.21. The van der Waals surface area contributed by atoms with Gasteiger partial charge in [0.15, 0.2) is 0 Å². The number of alkyl halides is 1. The van der Waals surface area contributed by atoms with Crippen LogP contribution in [-0.2, 0) is 12.8 Å². The normalized spacial score (nSPS) is 16.1. The predicted octanol–water partition coefficient (Wildman–Crippen LogP) is 5.82. The Morgan fingerprint density at radius 2 is 1.95 bits per heavy atom. The number of methoxy groups -OCH3 is 1. The van der Waals surface area contributed by atoms with Gasteiger partial charge in [-0.05, 0) is 67.5 Å². The lowest BCUT2D eigenvalue weighted by Gasteiger charge is -2.13. The number of ether oxygens (including phenoxy) is 1. The molecule has 3 heteroatoms. The topological polar surface area (TPSA) is 9.23 Å². The molecule has 112 valence electrons. The summed E-state index contributed by atoms with van der Waals surface area (Å²) in [6.45, 7) is 2.16. The summed E-state index contributed by atoms with van der Waals surface area (Å²) in [7, 11) is 1.72. The number of hydrogen-bond donors (Lipinski definition) is 0. The first kappa shape index (κ1) is 15.1. The van der Waals surface area contributed by atoms with Crippen LogP contribution in [0.25, 0.3) is 0 Å². The van der Waals surface area contributed by atoms with Crippen LogP contribution in [0, 0.1) is 6.92 Å². The van der Waals surface area contributed by atoms with Gasteiger partial charge in [0.1, 0.15) is 5.75 Å². The minimum absolute atomic E-state index is 0.292. The number of benzene rings is 1. The first-order chi connectivity index (χ1) is 10.2. The second-order valence-corrected chi connectivity index (χ2v) is 7.83. The summed E-state index contributed by atoms with van der Waals surface area (Å²) < 4.78 is 5.30. The second-order valence-electron chi connectivity index (χ2n) is 5.74.